The molecule has 2 amide bonds. The molecule has 0 aromatic heterocycles. The summed E-state index contributed by atoms with van der Waals surface area (Å²) in [5.41, 5.74) is 5.67. The standard InChI is InChI=1S/C37H42ClN3O6/c1-23-5-4-6-30(17-23)45-14-13-40(27-9-10-27)36(42)35-31(20-28-21-39-22-33(35)41(28)37(43)44)26-7-11-29(12-8-26)46-15-16-47-34-19-25(3)24(2)18-32(34)38/h4-8,11-12,17-19,27-28,33,39H,9-10,13-16,20-22H2,1-3H3,(H,43,44)/t28-,33-/m1/s1. The van der Waals surface area contributed by atoms with E-state index in [2.05, 4.69) is 5.32 Å². The number of rotatable bonds is 12. The number of benzene rings is 3. The highest BCUT2D eigenvalue weighted by molar-refractivity contribution is 6.32. The van der Waals surface area contributed by atoms with Crippen LogP contribution in [0.3, 0.4) is 0 Å². The van der Waals surface area contributed by atoms with Gasteiger partial charge in [0.15, 0.2) is 0 Å². The second kappa shape index (κ2) is 14.3. The molecule has 2 fully saturated rings. The minimum atomic E-state index is -1.00. The van der Waals surface area contributed by atoms with Gasteiger partial charge in [0, 0.05) is 24.7 Å². The van der Waals surface area contributed by atoms with Gasteiger partial charge in [-0.3, -0.25) is 9.69 Å². The summed E-state index contributed by atoms with van der Waals surface area (Å²) in [5.74, 6) is 1.96. The third kappa shape index (κ3) is 7.52. The van der Waals surface area contributed by atoms with Gasteiger partial charge in [0.2, 0.25) is 0 Å². The Balaban J connectivity index is 1.19. The number of carbonyl (C=O) groups is 2. The van der Waals surface area contributed by atoms with E-state index in [9.17, 15) is 14.7 Å². The summed E-state index contributed by atoms with van der Waals surface area (Å²) in [6.07, 6.45) is 1.30. The first kappa shape index (κ1) is 32.7. The Labute approximate surface area is 281 Å². The number of piperazine rings is 1. The van der Waals surface area contributed by atoms with Gasteiger partial charge in [0.1, 0.15) is 37.1 Å². The monoisotopic (exact) mass is 659 g/mol. The van der Waals surface area contributed by atoms with E-state index in [-0.39, 0.29) is 18.0 Å². The third-order valence-corrected chi connectivity index (χ3v) is 9.49. The first-order valence-corrected chi connectivity index (χ1v) is 16.7. The first-order chi connectivity index (χ1) is 22.7. The smallest absolute Gasteiger partial charge is 0.408 e. The van der Waals surface area contributed by atoms with Crippen LogP contribution in [0.25, 0.3) is 5.57 Å². The van der Waals surface area contributed by atoms with Crippen LogP contribution in [0, 0.1) is 20.8 Å². The number of nitrogens with zero attached hydrogens (tertiary/aromatic N) is 2. The van der Waals surface area contributed by atoms with Crippen molar-refractivity contribution in [2.45, 2.75) is 58.2 Å². The lowest BCUT2D eigenvalue weighted by molar-refractivity contribution is -0.129. The summed E-state index contributed by atoms with van der Waals surface area (Å²) in [7, 11) is 0. The van der Waals surface area contributed by atoms with Crippen molar-refractivity contribution < 1.29 is 28.9 Å². The third-order valence-electron chi connectivity index (χ3n) is 9.20. The van der Waals surface area contributed by atoms with E-state index >= 15 is 0 Å². The molecule has 3 aliphatic rings. The summed E-state index contributed by atoms with van der Waals surface area (Å²) in [5, 5.41) is 14.1. The van der Waals surface area contributed by atoms with Crippen molar-refractivity contribution in [2.24, 2.45) is 0 Å². The zero-order valence-corrected chi connectivity index (χ0v) is 27.9. The van der Waals surface area contributed by atoms with Crippen LogP contribution >= 0.6 is 11.6 Å². The van der Waals surface area contributed by atoms with E-state index in [4.69, 9.17) is 25.8 Å². The molecule has 0 unspecified atom stereocenters. The maximum absolute atomic E-state index is 14.5. The Morgan fingerprint density at radius 2 is 1.64 bits per heavy atom. The molecule has 2 bridgehead atoms. The van der Waals surface area contributed by atoms with Crippen LogP contribution in [0.1, 0.15) is 41.5 Å². The number of fused-ring (bicyclic) bond motifs is 2. The maximum Gasteiger partial charge on any atom is 0.408 e. The van der Waals surface area contributed by atoms with Crippen molar-refractivity contribution in [1.82, 2.24) is 15.1 Å². The molecule has 3 aromatic carbocycles. The molecule has 2 N–H and O–H groups in total. The van der Waals surface area contributed by atoms with Gasteiger partial charge >= 0.3 is 6.09 Å². The molecule has 1 aliphatic carbocycles. The van der Waals surface area contributed by atoms with Crippen molar-refractivity contribution in [2.75, 3.05) is 39.5 Å². The van der Waals surface area contributed by atoms with Crippen LogP contribution < -0.4 is 19.5 Å². The number of hydrogen-bond acceptors (Lipinski definition) is 6. The molecular formula is C37H42ClN3O6. The number of carboxylic acid groups (broad SMARTS) is 1. The van der Waals surface area contributed by atoms with Gasteiger partial charge in [-0.15, -0.1) is 0 Å². The number of nitrogens with one attached hydrogen (secondary N) is 1. The highest BCUT2D eigenvalue weighted by Gasteiger charge is 2.46. The lowest BCUT2D eigenvalue weighted by Gasteiger charge is -2.47. The Morgan fingerprint density at radius 1 is 0.915 bits per heavy atom. The molecule has 248 valence electrons. The molecule has 1 saturated heterocycles. The van der Waals surface area contributed by atoms with Gasteiger partial charge in [-0.2, -0.15) is 0 Å². The van der Waals surface area contributed by atoms with Gasteiger partial charge in [0.05, 0.1) is 23.7 Å². The first-order valence-electron chi connectivity index (χ1n) is 16.3. The second-order valence-electron chi connectivity index (χ2n) is 12.6. The predicted octanol–water partition coefficient (Wildman–Crippen LogP) is 6.27. The molecule has 2 heterocycles. The molecule has 47 heavy (non-hydrogen) atoms. The largest absolute Gasteiger partial charge is 0.492 e. The summed E-state index contributed by atoms with van der Waals surface area (Å²) in [4.78, 5) is 30.3. The molecule has 2 atom stereocenters. The van der Waals surface area contributed by atoms with Gasteiger partial charge in [-0.1, -0.05) is 35.9 Å². The van der Waals surface area contributed by atoms with Gasteiger partial charge in [0.25, 0.3) is 5.91 Å². The minimum absolute atomic E-state index is 0.115. The van der Waals surface area contributed by atoms with E-state index in [1.54, 1.807) is 0 Å². The van der Waals surface area contributed by atoms with Crippen molar-refractivity contribution >= 4 is 29.2 Å². The lowest BCUT2D eigenvalue weighted by Crippen LogP contribution is -2.63. The molecule has 6 rings (SSSR count). The minimum Gasteiger partial charge on any atom is -0.492 e. The van der Waals surface area contributed by atoms with Crippen LogP contribution in [0.4, 0.5) is 4.79 Å². The molecule has 0 radical (unpaired) electrons. The van der Waals surface area contributed by atoms with E-state index in [0.717, 1.165) is 46.4 Å². The van der Waals surface area contributed by atoms with E-state index < -0.39 is 12.1 Å². The number of halogens is 1. The summed E-state index contributed by atoms with van der Waals surface area (Å²) in [6.45, 7) is 8.41. The molecule has 3 aromatic rings. The van der Waals surface area contributed by atoms with Gasteiger partial charge in [-0.25, -0.2) is 4.79 Å². The second-order valence-corrected chi connectivity index (χ2v) is 13.0. The normalized spacial score (nSPS) is 18.9. The zero-order valence-electron chi connectivity index (χ0n) is 27.1. The highest BCUT2D eigenvalue weighted by atomic mass is 35.5. The molecule has 10 heteroatoms. The SMILES string of the molecule is Cc1cccc(OCCN(C(=O)C2=C(c3ccc(OCCOc4cc(C)c(C)cc4Cl)cc3)C[C@@H]3CNC[C@H]2N3C(=O)O)C2CC2)c1. The lowest BCUT2D eigenvalue weighted by atomic mass is 9.82. The zero-order chi connectivity index (χ0) is 33.1. The highest BCUT2D eigenvalue weighted by Crippen LogP contribution is 2.39. The van der Waals surface area contributed by atoms with Crippen LogP contribution in [-0.4, -0.2) is 84.5 Å². The number of amides is 2. The Kier molecular flexibility index (Phi) is 9.94. The summed E-state index contributed by atoms with van der Waals surface area (Å²) < 4.78 is 17.8. The Morgan fingerprint density at radius 3 is 2.36 bits per heavy atom. The predicted molar refractivity (Wildman–Crippen MR) is 182 cm³/mol. The fraction of sp³-hybridized carbons (Fsp3) is 0.405. The van der Waals surface area contributed by atoms with E-state index in [1.807, 2.05) is 86.3 Å². The quantitative estimate of drug-likeness (QED) is 0.221. The van der Waals surface area contributed by atoms with Crippen molar-refractivity contribution in [3.63, 3.8) is 0 Å². The number of hydrogen-bond donors (Lipinski definition) is 2. The fourth-order valence-corrected chi connectivity index (χ4v) is 6.79. The maximum atomic E-state index is 14.5. The molecule has 9 nitrogen and oxygen atoms in total. The summed E-state index contributed by atoms with van der Waals surface area (Å²) >= 11 is 6.34. The number of ether oxygens (including phenoxy) is 3. The van der Waals surface area contributed by atoms with Crippen molar-refractivity contribution in [3.8, 4) is 17.2 Å². The Hall–Kier alpha value is -4.21. The van der Waals surface area contributed by atoms with Crippen molar-refractivity contribution in [1.29, 1.82) is 0 Å². The Bertz CT molecular complexity index is 1650. The van der Waals surface area contributed by atoms with Crippen LogP contribution in [0.15, 0.2) is 66.2 Å². The van der Waals surface area contributed by atoms with Gasteiger partial charge < -0.3 is 29.5 Å². The van der Waals surface area contributed by atoms with E-state index in [0.29, 0.717) is 68.0 Å². The average molecular weight is 660 g/mol. The molecule has 1 saturated carbocycles. The van der Waals surface area contributed by atoms with E-state index in [1.165, 1.54) is 4.90 Å². The molecule has 2 aliphatic heterocycles. The number of carbonyl (C=O) groups excluding carboxylic acids is 1. The van der Waals surface area contributed by atoms with Crippen LogP contribution in [0.5, 0.6) is 17.2 Å². The average Bonchev–Trinajstić information content (AvgIpc) is 3.89. The number of aryl methyl sites for hydroxylation is 3. The van der Waals surface area contributed by atoms with Crippen molar-refractivity contribution in [3.05, 3.63) is 93.5 Å². The molecule has 0 spiro atoms. The fourth-order valence-electron chi connectivity index (χ4n) is 6.52. The summed E-state index contributed by atoms with van der Waals surface area (Å²) in [6, 6.07) is 18.7. The van der Waals surface area contributed by atoms with Gasteiger partial charge in [-0.05, 0) is 104 Å². The van der Waals surface area contributed by atoms with Crippen LogP contribution in [-0.2, 0) is 4.79 Å². The molecular weight excluding hydrogens is 618 g/mol. The topological polar surface area (TPSA) is 101 Å². The van der Waals surface area contributed by atoms with Crippen LogP contribution in [0.2, 0.25) is 5.02 Å².